The van der Waals surface area contributed by atoms with Crippen molar-refractivity contribution in [2.75, 3.05) is 13.2 Å². The zero-order chi connectivity index (χ0) is 21.8. The summed E-state index contributed by atoms with van der Waals surface area (Å²) in [4.78, 5) is 0. The Balaban J connectivity index is 1.88. The Morgan fingerprint density at radius 1 is 0.900 bits per heavy atom. The molecule has 0 spiro atoms. The molecule has 0 amide bonds. The summed E-state index contributed by atoms with van der Waals surface area (Å²) in [6, 6.07) is 5.87. The number of aliphatic hydroxyl groups is 4. The third-order valence-electron chi connectivity index (χ3n) is 5.69. The van der Waals surface area contributed by atoms with Crippen molar-refractivity contribution in [3.05, 3.63) is 41.5 Å². The number of fused-ring (bicyclic) bond motifs is 1. The minimum absolute atomic E-state index is 0.0824. The number of phenols is 4. The molecule has 4 rings (SSSR count). The maximum absolute atomic E-state index is 11.3. The van der Waals surface area contributed by atoms with Crippen molar-refractivity contribution in [3.63, 3.8) is 0 Å². The molecule has 30 heavy (non-hydrogen) atoms. The van der Waals surface area contributed by atoms with Gasteiger partial charge in [0.05, 0.1) is 19.1 Å². The lowest BCUT2D eigenvalue weighted by atomic mass is 9.69. The van der Waals surface area contributed by atoms with E-state index < -0.39 is 59.8 Å². The van der Waals surface area contributed by atoms with E-state index >= 15 is 0 Å². The van der Waals surface area contributed by atoms with E-state index in [-0.39, 0.29) is 29.2 Å². The first-order valence-electron chi connectivity index (χ1n) is 9.22. The Kier molecular flexibility index (Phi) is 4.91. The largest absolute Gasteiger partial charge is 0.508 e. The molecule has 0 saturated carbocycles. The topological polar surface area (TPSA) is 180 Å². The number of ether oxygens (including phenoxy) is 2. The van der Waals surface area contributed by atoms with Gasteiger partial charge in [-0.1, -0.05) is 6.07 Å². The van der Waals surface area contributed by atoms with Gasteiger partial charge >= 0.3 is 0 Å². The average molecular weight is 422 g/mol. The lowest BCUT2D eigenvalue weighted by Gasteiger charge is -2.49. The predicted molar refractivity (Wildman–Crippen MR) is 99.4 cm³/mol. The molecule has 0 radical (unpaired) electrons. The molecule has 0 bridgehead atoms. The summed E-state index contributed by atoms with van der Waals surface area (Å²) in [6.07, 6.45) is -5.99. The minimum Gasteiger partial charge on any atom is -0.508 e. The Hall–Kier alpha value is -2.76. The summed E-state index contributed by atoms with van der Waals surface area (Å²) in [5, 5.41) is 82.7. The molecule has 1 unspecified atom stereocenters. The van der Waals surface area contributed by atoms with Crippen LogP contribution in [0.5, 0.6) is 28.7 Å². The Morgan fingerprint density at radius 3 is 2.33 bits per heavy atom. The van der Waals surface area contributed by atoms with Gasteiger partial charge in [-0.3, -0.25) is 0 Å². The van der Waals surface area contributed by atoms with Crippen LogP contribution < -0.4 is 4.74 Å². The van der Waals surface area contributed by atoms with Crippen molar-refractivity contribution in [2.24, 2.45) is 0 Å². The summed E-state index contributed by atoms with van der Waals surface area (Å²) in [5.74, 6) is -3.20. The van der Waals surface area contributed by atoms with Gasteiger partial charge in [0.1, 0.15) is 41.2 Å². The third kappa shape index (κ3) is 3.09. The van der Waals surface area contributed by atoms with Crippen molar-refractivity contribution < 1.29 is 50.3 Å². The van der Waals surface area contributed by atoms with Crippen molar-refractivity contribution >= 4 is 0 Å². The Morgan fingerprint density at radius 2 is 1.63 bits per heavy atom. The van der Waals surface area contributed by atoms with Gasteiger partial charge in [0.25, 0.3) is 0 Å². The van der Waals surface area contributed by atoms with Crippen LogP contribution in [-0.4, -0.2) is 78.0 Å². The van der Waals surface area contributed by atoms with Gasteiger partial charge < -0.3 is 50.3 Å². The van der Waals surface area contributed by atoms with E-state index in [9.17, 15) is 40.9 Å². The van der Waals surface area contributed by atoms with Crippen LogP contribution in [0.25, 0.3) is 0 Å². The Labute approximate surface area is 170 Å². The van der Waals surface area contributed by atoms with Crippen LogP contribution in [0.2, 0.25) is 0 Å². The number of hydrogen-bond donors (Lipinski definition) is 8. The lowest BCUT2D eigenvalue weighted by Crippen LogP contribution is -2.63. The number of benzene rings is 2. The van der Waals surface area contributed by atoms with E-state index in [1.165, 1.54) is 12.1 Å². The molecule has 10 heteroatoms. The smallest absolute Gasteiger partial charge is 0.157 e. The molecule has 8 N–H and O–H groups in total. The molecule has 2 aliphatic heterocycles. The van der Waals surface area contributed by atoms with Crippen LogP contribution in [0.1, 0.15) is 23.1 Å². The van der Waals surface area contributed by atoms with Crippen LogP contribution >= 0.6 is 0 Å². The van der Waals surface area contributed by atoms with Gasteiger partial charge in [0.15, 0.2) is 17.6 Å². The van der Waals surface area contributed by atoms with E-state index in [4.69, 9.17) is 9.47 Å². The van der Waals surface area contributed by atoms with E-state index in [1.807, 2.05) is 0 Å². The van der Waals surface area contributed by atoms with Gasteiger partial charge in [0.2, 0.25) is 0 Å². The highest BCUT2D eigenvalue weighted by molar-refractivity contribution is 5.55. The van der Waals surface area contributed by atoms with Gasteiger partial charge in [-0.25, -0.2) is 0 Å². The van der Waals surface area contributed by atoms with Gasteiger partial charge in [-0.15, -0.1) is 0 Å². The summed E-state index contributed by atoms with van der Waals surface area (Å²) in [7, 11) is 0. The fourth-order valence-electron chi connectivity index (χ4n) is 4.21. The molecule has 0 aromatic heterocycles. The molecule has 0 aliphatic carbocycles. The molecule has 2 aromatic rings. The fourth-order valence-corrected chi connectivity index (χ4v) is 4.21. The molecule has 6 atom stereocenters. The average Bonchev–Trinajstić information content (AvgIpc) is 2.68. The maximum Gasteiger partial charge on any atom is 0.157 e. The first kappa shape index (κ1) is 20.5. The first-order chi connectivity index (χ1) is 14.1. The molecular formula is C20H22O10. The van der Waals surface area contributed by atoms with E-state index in [1.54, 1.807) is 0 Å². The monoisotopic (exact) mass is 422 g/mol. The van der Waals surface area contributed by atoms with Crippen LogP contribution in [0.4, 0.5) is 0 Å². The normalized spacial score (nSPS) is 33.5. The SMILES string of the molecule is Oc1cc(O)c2c(c1)O[C@H](c1ccc(O)c(O)c1)[C@H](O)C2[C@@]1(O)COC[C@@H](O)[C@@H]1O. The predicted octanol–water partition coefficient (Wildman–Crippen LogP) is -0.430. The quantitative estimate of drug-likeness (QED) is 0.296. The van der Waals surface area contributed by atoms with Crippen molar-refractivity contribution in [2.45, 2.75) is 35.9 Å². The van der Waals surface area contributed by atoms with E-state index in [0.29, 0.717) is 0 Å². The standard InChI is InChI=1S/C20H22O10/c21-9-4-12(24)15-14(5-9)30-18(8-1-2-10(22)11(23)3-8)17(26)16(15)20(28)7-29-6-13(25)19(20)27/h1-5,13,16-19,21-28H,6-7H2/t13-,16?,17-,18-,19+,20+/m1/s1. The molecule has 1 fully saturated rings. The number of aliphatic hydroxyl groups excluding tert-OH is 3. The molecule has 2 heterocycles. The second-order valence-electron chi connectivity index (χ2n) is 7.65. The fraction of sp³-hybridized carbons (Fsp3) is 0.400. The second-order valence-corrected chi connectivity index (χ2v) is 7.65. The van der Waals surface area contributed by atoms with E-state index in [2.05, 4.69) is 0 Å². The summed E-state index contributed by atoms with van der Waals surface area (Å²) >= 11 is 0. The minimum atomic E-state index is -2.22. The Bertz CT molecular complexity index is 963. The van der Waals surface area contributed by atoms with Crippen LogP contribution in [0.15, 0.2) is 30.3 Å². The van der Waals surface area contributed by atoms with Crippen LogP contribution in [-0.2, 0) is 4.74 Å². The highest BCUT2D eigenvalue weighted by Crippen LogP contribution is 2.53. The second kappa shape index (κ2) is 7.18. The zero-order valence-electron chi connectivity index (χ0n) is 15.6. The summed E-state index contributed by atoms with van der Waals surface area (Å²) in [6.45, 7) is -0.688. The third-order valence-corrected chi connectivity index (χ3v) is 5.69. The number of hydrogen-bond acceptors (Lipinski definition) is 10. The molecule has 2 aromatic carbocycles. The highest BCUT2D eigenvalue weighted by atomic mass is 16.5. The van der Waals surface area contributed by atoms with Crippen molar-refractivity contribution in [1.29, 1.82) is 0 Å². The zero-order valence-corrected chi connectivity index (χ0v) is 15.6. The first-order valence-corrected chi connectivity index (χ1v) is 9.22. The van der Waals surface area contributed by atoms with Gasteiger partial charge in [-0.05, 0) is 17.7 Å². The molecular weight excluding hydrogens is 400 g/mol. The molecule has 10 nitrogen and oxygen atoms in total. The number of aromatic hydroxyl groups is 4. The van der Waals surface area contributed by atoms with Crippen molar-refractivity contribution in [1.82, 2.24) is 0 Å². The number of phenolic OH excluding ortho intramolecular Hbond substituents is 4. The summed E-state index contributed by atoms with van der Waals surface area (Å²) < 4.78 is 11.0. The lowest BCUT2D eigenvalue weighted by molar-refractivity contribution is -0.231. The molecule has 162 valence electrons. The van der Waals surface area contributed by atoms with Crippen LogP contribution in [0.3, 0.4) is 0 Å². The van der Waals surface area contributed by atoms with Gasteiger partial charge in [-0.2, -0.15) is 0 Å². The number of rotatable bonds is 2. The van der Waals surface area contributed by atoms with Crippen molar-refractivity contribution in [3.8, 4) is 28.7 Å². The van der Waals surface area contributed by atoms with Gasteiger partial charge in [0, 0.05) is 17.7 Å². The maximum atomic E-state index is 11.3. The summed E-state index contributed by atoms with van der Waals surface area (Å²) in [5.41, 5.74) is -2.09. The van der Waals surface area contributed by atoms with E-state index in [0.717, 1.165) is 18.2 Å². The van der Waals surface area contributed by atoms with Crippen LogP contribution in [0, 0.1) is 0 Å². The highest BCUT2D eigenvalue weighted by Gasteiger charge is 2.57. The molecule has 2 aliphatic rings. The molecule has 1 saturated heterocycles.